The van der Waals surface area contributed by atoms with Crippen molar-refractivity contribution in [3.8, 4) is 0 Å². The standard InChI is InChI=1S/C35H59N3O4/c1-8-10-11-12-13-17-24-38(33(40)30(25-26(3)4)37-34(41)42-35(5,6)7)31(28-22-20-27(9-2)21-23-28)32(39)36-29-18-15-14-16-19-29/h20-23,26,29-31H,8-19,24-25H2,1-7H3,(H,36,39)(H,37,41). The van der Waals surface area contributed by atoms with E-state index in [1.54, 1.807) is 4.90 Å². The van der Waals surface area contributed by atoms with Gasteiger partial charge in [0.15, 0.2) is 0 Å². The molecule has 0 saturated heterocycles. The maximum Gasteiger partial charge on any atom is 0.408 e. The lowest BCUT2D eigenvalue weighted by atomic mass is 9.94. The Bertz CT molecular complexity index is 948. The fourth-order valence-corrected chi connectivity index (χ4v) is 5.71. The Balaban J connectivity index is 2.45. The summed E-state index contributed by atoms with van der Waals surface area (Å²) in [6.45, 7) is 14.3. The highest BCUT2D eigenvalue weighted by Gasteiger charge is 2.37. The predicted octanol–water partition coefficient (Wildman–Crippen LogP) is 7.87. The van der Waals surface area contributed by atoms with Crippen molar-refractivity contribution in [3.05, 3.63) is 35.4 Å². The topological polar surface area (TPSA) is 87.7 Å². The number of benzene rings is 1. The van der Waals surface area contributed by atoms with Crippen molar-refractivity contribution < 1.29 is 19.1 Å². The molecule has 7 heteroatoms. The Hall–Kier alpha value is -2.57. The van der Waals surface area contributed by atoms with Crippen LogP contribution in [-0.4, -0.2) is 47.0 Å². The van der Waals surface area contributed by atoms with E-state index < -0.39 is 23.8 Å². The molecule has 1 fully saturated rings. The summed E-state index contributed by atoms with van der Waals surface area (Å²) in [7, 11) is 0. The van der Waals surface area contributed by atoms with Gasteiger partial charge in [-0.1, -0.05) is 103 Å². The molecule has 2 N–H and O–H groups in total. The minimum Gasteiger partial charge on any atom is -0.444 e. The molecule has 42 heavy (non-hydrogen) atoms. The van der Waals surface area contributed by atoms with Crippen molar-refractivity contribution in [2.45, 2.75) is 156 Å². The van der Waals surface area contributed by atoms with Crippen molar-refractivity contribution in [1.29, 1.82) is 0 Å². The summed E-state index contributed by atoms with van der Waals surface area (Å²) < 4.78 is 5.53. The van der Waals surface area contributed by atoms with Crippen LogP contribution >= 0.6 is 0 Å². The molecule has 0 radical (unpaired) electrons. The van der Waals surface area contributed by atoms with Gasteiger partial charge < -0.3 is 20.3 Å². The Morgan fingerprint density at radius 3 is 2.12 bits per heavy atom. The van der Waals surface area contributed by atoms with Crippen LogP contribution in [0.15, 0.2) is 24.3 Å². The molecule has 1 aromatic carbocycles. The lowest BCUT2D eigenvalue weighted by Crippen LogP contribution is -2.54. The number of ether oxygens (including phenoxy) is 1. The minimum atomic E-state index is -0.792. The predicted molar refractivity (Wildman–Crippen MR) is 171 cm³/mol. The quantitative estimate of drug-likeness (QED) is 0.193. The van der Waals surface area contributed by atoms with Gasteiger partial charge in [0.1, 0.15) is 17.7 Å². The number of hydrogen-bond donors (Lipinski definition) is 2. The fraction of sp³-hybridized carbons (Fsp3) is 0.743. The molecule has 0 bridgehead atoms. The molecule has 1 aliphatic carbocycles. The number of carbonyl (C=O) groups is 3. The summed E-state index contributed by atoms with van der Waals surface area (Å²) in [4.78, 5) is 43.2. The van der Waals surface area contributed by atoms with Crippen LogP contribution in [0.3, 0.4) is 0 Å². The maximum absolute atomic E-state index is 14.5. The highest BCUT2D eigenvalue weighted by molar-refractivity contribution is 5.92. The van der Waals surface area contributed by atoms with Crippen molar-refractivity contribution in [1.82, 2.24) is 15.5 Å². The number of amides is 3. The monoisotopic (exact) mass is 585 g/mol. The van der Waals surface area contributed by atoms with E-state index in [1.807, 2.05) is 58.9 Å². The van der Waals surface area contributed by atoms with Crippen LogP contribution in [0.25, 0.3) is 0 Å². The van der Waals surface area contributed by atoms with Gasteiger partial charge in [-0.2, -0.15) is 0 Å². The molecule has 0 aliphatic heterocycles. The lowest BCUT2D eigenvalue weighted by Gasteiger charge is -2.36. The van der Waals surface area contributed by atoms with Crippen molar-refractivity contribution >= 4 is 17.9 Å². The first-order valence-corrected chi connectivity index (χ1v) is 16.6. The summed E-state index contributed by atoms with van der Waals surface area (Å²) >= 11 is 0. The maximum atomic E-state index is 14.5. The molecule has 238 valence electrons. The first kappa shape index (κ1) is 35.6. The molecule has 1 aliphatic rings. The number of rotatable bonds is 16. The van der Waals surface area contributed by atoms with E-state index in [9.17, 15) is 14.4 Å². The molecular formula is C35H59N3O4. The number of nitrogens with zero attached hydrogens (tertiary/aromatic N) is 1. The molecule has 0 heterocycles. The van der Waals surface area contributed by atoms with E-state index in [-0.39, 0.29) is 23.8 Å². The van der Waals surface area contributed by atoms with Gasteiger partial charge in [0.05, 0.1) is 0 Å². The molecule has 1 saturated carbocycles. The smallest absolute Gasteiger partial charge is 0.408 e. The number of nitrogens with one attached hydrogen (secondary N) is 2. The van der Waals surface area contributed by atoms with Crippen LogP contribution in [0.1, 0.15) is 143 Å². The zero-order chi connectivity index (χ0) is 31.1. The molecule has 7 nitrogen and oxygen atoms in total. The average molecular weight is 586 g/mol. The highest BCUT2D eigenvalue weighted by Crippen LogP contribution is 2.27. The molecule has 0 spiro atoms. The van der Waals surface area contributed by atoms with Crippen LogP contribution in [0.2, 0.25) is 0 Å². The van der Waals surface area contributed by atoms with E-state index in [4.69, 9.17) is 4.74 Å². The van der Waals surface area contributed by atoms with Crippen LogP contribution in [0.5, 0.6) is 0 Å². The largest absolute Gasteiger partial charge is 0.444 e. The van der Waals surface area contributed by atoms with Crippen LogP contribution in [0, 0.1) is 5.92 Å². The van der Waals surface area contributed by atoms with Gasteiger partial charge in [-0.25, -0.2) is 4.79 Å². The highest BCUT2D eigenvalue weighted by atomic mass is 16.6. The third kappa shape index (κ3) is 12.7. The summed E-state index contributed by atoms with van der Waals surface area (Å²) in [5.41, 5.74) is 1.31. The Morgan fingerprint density at radius 2 is 1.55 bits per heavy atom. The van der Waals surface area contributed by atoms with E-state index in [2.05, 4.69) is 24.5 Å². The average Bonchev–Trinajstić information content (AvgIpc) is 2.93. The molecule has 1 aromatic rings. The van der Waals surface area contributed by atoms with Crippen LogP contribution < -0.4 is 10.6 Å². The molecular weight excluding hydrogens is 526 g/mol. The normalized spacial score (nSPS) is 15.6. The Morgan fingerprint density at radius 1 is 0.929 bits per heavy atom. The Labute approximate surface area is 255 Å². The summed E-state index contributed by atoms with van der Waals surface area (Å²) in [5, 5.41) is 6.17. The fourth-order valence-electron chi connectivity index (χ4n) is 5.71. The van der Waals surface area contributed by atoms with E-state index in [1.165, 1.54) is 31.2 Å². The summed E-state index contributed by atoms with van der Waals surface area (Å²) in [6.07, 6.45) is 12.5. The second kappa shape index (κ2) is 18.2. The second-order valence-corrected chi connectivity index (χ2v) is 13.5. The summed E-state index contributed by atoms with van der Waals surface area (Å²) in [5.74, 6) is -0.208. The van der Waals surface area contributed by atoms with Gasteiger partial charge in [0.25, 0.3) is 0 Å². The van der Waals surface area contributed by atoms with Crippen molar-refractivity contribution in [3.63, 3.8) is 0 Å². The first-order chi connectivity index (χ1) is 19.9. The van der Waals surface area contributed by atoms with E-state index >= 15 is 0 Å². The van der Waals surface area contributed by atoms with Gasteiger partial charge in [-0.15, -0.1) is 0 Å². The molecule has 2 unspecified atom stereocenters. The number of unbranched alkanes of at least 4 members (excludes halogenated alkanes) is 5. The van der Waals surface area contributed by atoms with Gasteiger partial charge in [0.2, 0.25) is 11.8 Å². The molecule has 3 amide bonds. The van der Waals surface area contributed by atoms with Gasteiger partial charge >= 0.3 is 6.09 Å². The zero-order valence-corrected chi connectivity index (χ0v) is 27.6. The first-order valence-electron chi connectivity index (χ1n) is 16.6. The molecule has 2 atom stereocenters. The third-order valence-electron chi connectivity index (χ3n) is 7.95. The molecule has 2 rings (SSSR count). The minimum absolute atomic E-state index is 0.126. The lowest BCUT2D eigenvalue weighted by molar-refractivity contribution is -0.143. The van der Waals surface area contributed by atoms with E-state index in [0.717, 1.165) is 56.9 Å². The van der Waals surface area contributed by atoms with Gasteiger partial charge in [-0.3, -0.25) is 9.59 Å². The third-order valence-corrected chi connectivity index (χ3v) is 7.95. The Kier molecular flexibility index (Phi) is 15.4. The van der Waals surface area contributed by atoms with Crippen LogP contribution in [0.4, 0.5) is 4.79 Å². The number of carbonyl (C=O) groups excluding carboxylic acids is 3. The van der Waals surface area contributed by atoms with Crippen molar-refractivity contribution in [2.24, 2.45) is 5.92 Å². The zero-order valence-electron chi connectivity index (χ0n) is 27.6. The SMILES string of the molecule is CCCCCCCCN(C(=O)C(CC(C)C)NC(=O)OC(C)(C)C)C(C(=O)NC1CCCCC1)c1ccc(CC)cc1. The van der Waals surface area contributed by atoms with Crippen LogP contribution in [-0.2, 0) is 20.7 Å². The molecule has 0 aromatic heterocycles. The number of alkyl carbamates (subject to hydrolysis) is 1. The van der Waals surface area contributed by atoms with Crippen molar-refractivity contribution in [2.75, 3.05) is 6.54 Å². The number of hydrogen-bond acceptors (Lipinski definition) is 4. The van der Waals surface area contributed by atoms with Gasteiger partial charge in [-0.05, 0) is 69.9 Å². The summed E-state index contributed by atoms with van der Waals surface area (Å²) in [6, 6.07) is 6.65. The van der Waals surface area contributed by atoms with Gasteiger partial charge in [0, 0.05) is 12.6 Å². The van der Waals surface area contributed by atoms with E-state index in [0.29, 0.717) is 13.0 Å². The number of aryl methyl sites for hydroxylation is 1. The second-order valence-electron chi connectivity index (χ2n) is 13.5.